The highest BCUT2D eigenvalue weighted by molar-refractivity contribution is 7.89. The topological polar surface area (TPSA) is 88.3 Å². The van der Waals surface area contributed by atoms with E-state index in [-0.39, 0.29) is 11.4 Å². The van der Waals surface area contributed by atoms with Gasteiger partial charge in [-0.2, -0.15) is 0 Å². The molecule has 9 heteroatoms. The summed E-state index contributed by atoms with van der Waals surface area (Å²) >= 11 is 12.4. The number of aromatic nitrogens is 1. The van der Waals surface area contributed by atoms with Crippen LogP contribution in [0.3, 0.4) is 0 Å². The number of ether oxygens (including phenoxy) is 1. The molecular formula is C27H26Cl2N2O4S. The van der Waals surface area contributed by atoms with Crippen molar-refractivity contribution in [3.05, 3.63) is 98.7 Å². The summed E-state index contributed by atoms with van der Waals surface area (Å²) in [6.45, 7) is 4.26. The molecule has 36 heavy (non-hydrogen) atoms. The zero-order chi connectivity index (χ0) is 25.9. The van der Waals surface area contributed by atoms with E-state index in [4.69, 9.17) is 27.9 Å². The lowest BCUT2D eigenvalue weighted by molar-refractivity contribution is 0.0976. The highest BCUT2D eigenvalue weighted by Crippen LogP contribution is 2.28. The van der Waals surface area contributed by atoms with Gasteiger partial charge in [0.25, 0.3) is 5.91 Å². The Bertz CT molecular complexity index is 1490. The standard InChI is InChI=1S/C27H26Cl2N2O4S/c1-17-13-21(14-18(2)25(17)29)35-12-6-9-23-22-11-10-20(28)15-24(22)30-26(23)27(32)31-36(33,34)16-19-7-4-3-5-8-19/h3-5,7-8,10-11,13-15,30H,6,9,12,16H2,1-2H3,(H,31,32). The van der Waals surface area contributed by atoms with Crippen LogP contribution in [0.1, 0.15) is 39.2 Å². The summed E-state index contributed by atoms with van der Waals surface area (Å²) in [5.74, 6) is -0.280. The molecule has 0 atom stereocenters. The maximum absolute atomic E-state index is 13.1. The van der Waals surface area contributed by atoms with Crippen LogP contribution in [0.5, 0.6) is 5.75 Å². The summed E-state index contributed by atoms with van der Waals surface area (Å²) in [6.07, 6.45) is 1.10. The Morgan fingerprint density at radius 1 is 1.00 bits per heavy atom. The minimum absolute atomic E-state index is 0.196. The summed E-state index contributed by atoms with van der Waals surface area (Å²) in [7, 11) is -3.90. The molecule has 0 saturated heterocycles. The van der Waals surface area contributed by atoms with Crippen molar-refractivity contribution in [3.8, 4) is 5.75 Å². The molecule has 6 nitrogen and oxygen atoms in total. The first-order chi connectivity index (χ1) is 17.1. The summed E-state index contributed by atoms with van der Waals surface area (Å²) in [6, 6.07) is 17.8. The third-order valence-corrected chi connectivity index (χ3v) is 7.83. The SMILES string of the molecule is Cc1cc(OCCCc2c(C(=O)NS(=O)(=O)Cc3ccccc3)[nH]c3cc(Cl)ccc23)cc(C)c1Cl. The average molecular weight is 545 g/mol. The fraction of sp³-hybridized carbons (Fsp3) is 0.222. The lowest BCUT2D eigenvalue weighted by Crippen LogP contribution is -2.32. The van der Waals surface area contributed by atoms with Gasteiger partial charge in [-0.25, -0.2) is 13.1 Å². The monoisotopic (exact) mass is 544 g/mol. The first-order valence-corrected chi connectivity index (χ1v) is 13.8. The first kappa shape index (κ1) is 26.1. The van der Waals surface area contributed by atoms with Crippen LogP contribution in [-0.4, -0.2) is 25.9 Å². The molecule has 1 heterocycles. The molecule has 0 aliphatic rings. The molecule has 0 unspecified atom stereocenters. The summed E-state index contributed by atoms with van der Waals surface area (Å²) in [5.41, 5.74) is 4.04. The van der Waals surface area contributed by atoms with Crippen molar-refractivity contribution in [1.29, 1.82) is 0 Å². The second-order valence-corrected chi connectivity index (χ2v) is 11.2. The normalized spacial score (nSPS) is 11.6. The van der Waals surface area contributed by atoms with Gasteiger partial charge in [-0.15, -0.1) is 0 Å². The molecule has 4 aromatic rings. The van der Waals surface area contributed by atoms with Crippen molar-refractivity contribution in [2.45, 2.75) is 32.4 Å². The number of carbonyl (C=O) groups is 1. The predicted octanol–water partition coefficient (Wildman–Crippen LogP) is 6.36. The molecule has 0 saturated carbocycles. The van der Waals surface area contributed by atoms with Crippen LogP contribution in [0.25, 0.3) is 10.9 Å². The number of benzene rings is 3. The van der Waals surface area contributed by atoms with Crippen molar-refractivity contribution < 1.29 is 17.9 Å². The first-order valence-electron chi connectivity index (χ1n) is 11.4. The summed E-state index contributed by atoms with van der Waals surface area (Å²) < 4.78 is 33.4. The third-order valence-electron chi connectivity index (χ3n) is 5.79. The lowest BCUT2D eigenvalue weighted by Gasteiger charge is -2.11. The Labute approximate surface area is 220 Å². The smallest absolute Gasteiger partial charge is 0.281 e. The van der Waals surface area contributed by atoms with Crippen LogP contribution >= 0.6 is 23.2 Å². The summed E-state index contributed by atoms with van der Waals surface area (Å²) in [5, 5.41) is 2.04. The zero-order valence-corrected chi connectivity index (χ0v) is 22.2. The molecule has 1 aromatic heterocycles. The molecule has 0 aliphatic carbocycles. The quantitative estimate of drug-likeness (QED) is 0.240. The fourth-order valence-electron chi connectivity index (χ4n) is 4.13. The minimum Gasteiger partial charge on any atom is -0.494 e. The van der Waals surface area contributed by atoms with Crippen molar-refractivity contribution in [1.82, 2.24) is 9.71 Å². The van der Waals surface area contributed by atoms with E-state index in [9.17, 15) is 13.2 Å². The van der Waals surface area contributed by atoms with E-state index in [2.05, 4.69) is 9.71 Å². The number of carbonyl (C=O) groups excluding carboxylic acids is 1. The number of sulfonamides is 1. The molecule has 0 radical (unpaired) electrons. The van der Waals surface area contributed by atoms with Gasteiger partial charge in [-0.1, -0.05) is 59.6 Å². The van der Waals surface area contributed by atoms with Gasteiger partial charge in [0.1, 0.15) is 11.4 Å². The van der Waals surface area contributed by atoms with E-state index in [0.29, 0.717) is 41.1 Å². The number of hydrogen-bond acceptors (Lipinski definition) is 4. The predicted molar refractivity (Wildman–Crippen MR) is 145 cm³/mol. The molecular weight excluding hydrogens is 519 g/mol. The molecule has 0 aliphatic heterocycles. The van der Waals surface area contributed by atoms with E-state index in [1.807, 2.05) is 32.0 Å². The average Bonchev–Trinajstić information content (AvgIpc) is 3.18. The van der Waals surface area contributed by atoms with Crippen LogP contribution in [0.2, 0.25) is 10.0 Å². The molecule has 4 rings (SSSR count). The second-order valence-electron chi connectivity index (χ2n) is 8.67. The third kappa shape index (κ3) is 6.22. The van der Waals surface area contributed by atoms with Crippen LogP contribution < -0.4 is 9.46 Å². The Kier molecular flexibility index (Phi) is 7.93. The highest BCUT2D eigenvalue weighted by atomic mass is 35.5. The highest BCUT2D eigenvalue weighted by Gasteiger charge is 2.22. The van der Waals surface area contributed by atoms with Crippen molar-refractivity contribution >= 4 is 50.0 Å². The number of aryl methyl sites for hydroxylation is 3. The molecule has 1 amide bonds. The van der Waals surface area contributed by atoms with Crippen molar-refractivity contribution in [3.63, 3.8) is 0 Å². The number of nitrogens with one attached hydrogen (secondary N) is 2. The molecule has 0 fully saturated rings. The summed E-state index contributed by atoms with van der Waals surface area (Å²) in [4.78, 5) is 16.1. The second kappa shape index (κ2) is 10.9. The largest absolute Gasteiger partial charge is 0.494 e. The number of amides is 1. The van der Waals surface area contributed by atoms with Crippen LogP contribution in [0.4, 0.5) is 0 Å². The number of hydrogen-bond donors (Lipinski definition) is 2. The fourth-order valence-corrected chi connectivity index (χ4v) is 5.50. The number of aromatic amines is 1. The van der Waals surface area contributed by atoms with Gasteiger partial charge in [0, 0.05) is 20.9 Å². The molecule has 188 valence electrons. The van der Waals surface area contributed by atoms with Crippen molar-refractivity contribution in [2.24, 2.45) is 0 Å². The maximum Gasteiger partial charge on any atom is 0.281 e. The minimum atomic E-state index is -3.90. The molecule has 0 bridgehead atoms. The van der Waals surface area contributed by atoms with Gasteiger partial charge in [0.15, 0.2) is 0 Å². The van der Waals surface area contributed by atoms with E-state index >= 15 is 0 Å². The number of rotatable bonds is 9. The van der Waals surface area contributed by atoms with Gasteiger partial charge >= 0.3 is 0 Å². The Balaban J connectivity index is 1.51. The zero-order valence-electron chi connectivity index (χ0n) is 19.9. The van der Waals surface area contributed by atoms with Gasteiger partial charge in [0.05, 0.1) is 12.4 Å². The molecule has 0 spiro atoms. The number of halogens is 2. The maximum atomic E-state index is 13.1. The molecule has 3 aromatic carbocycles. The van der Waals surface area contributed by atoms with E-state index in [1.165, 1.54) is 0 Å². The van der Waals surface area contributed by atoms with Crippen molar-refractivity contribution in [2.75, 3.05) is 6.61 Å². The Morgan fingerprint density at radius 3 is 2.39 bits per heavy atom. The number of H-pyrrole nitrogens is 1. The number of fused-ring (bicyclic) bond motifs is 1. The Hall–Kier alpha value is -3.00. The van der Waals surface area contributed by atoms with E-state index in [0.717, 1.165) is 27.3 Å². The van der Waals surface area contributed by atoms with E-state index in [1.54, 1.807) is 42.5 Å². The van der Waals surface area contributed by atoms with Crippen LogP contribution in [0.15, 0.2) is 60.7 Å². The Morgan fingerprint density at radius 2 is 1.69 bits per heavy atom. The molecule has 2 N–H and O–H groups in total. The van der Waals surface area contributed by atoms with Gasteiger partial charge in [0.2, 0.25) is 10.0 Å². The lowest BCUT2D eigenvalue weighted by atomic mass is 10.1. The van der Waals surface area contributed by atoms with Crippen LogP contribution in [-0.2, 0) is 22.2 Å². The van der Waals surface area contributed by atoms with Gasteiger partial charge < -0.3 is 9.72 Å². The van der Waals surface area contributed by atoms with Crippen LogP contribution in [0, 0.1) is 13.8 Å². The van der Waals surface area contributed by atoms with E-state index < -0.39 is 15.9 Å². The van der Waals surface area contributed by atoms with Gasteiger partial charge in [-0.3, -0.25) is 4.79 Å². The van der Waals surface area contributed by atoms with Gasteiger partial charge in [-0.05, 0) is 73.2 Å².